The van der Waals surface area contributed by atoms with Gasteiger partial charge in [-0.25, -0.2) is 17.9 Å². The van der Waals surface area contributed by atoms with Crippen molar-refractivity contribution in [3.63, 3.8) is 0 Å². The van der Waals surface area contributed by atoms with E-state index in [1.165, 1.54) is 24.3 Å². The van der Waals surface area contributed by atoms with Crippen molar-refractivity contribution in [2.24, 2.45) is 0 Å². The number of methoxy groups -OCH3 is 2. The van der Waals surface area contributed by atoms with E-state index in [9.17, 15) is 13.2 Å². The van der Waals surface area contributed by atoms with Gasteiger partial charge in [-0.15, -0.1) is 0 Å². The van der Waals surface area contributed by atoms with Crippen LogP contribution in [0.3, 0.4) is 0 Å². The molecule has 0 saturated heterocycles. The minimum absolute atomic E-state index is 0.105. The number of sulfonamides is 1. The summed E-state index contributed by atoms with van der Waals surface area (Å²) in [7, 11) is -0.568. The first-order chi connectivity index (χ1) is 13.9. The zero-order chi connectivity index (χ0) is 21.3. The molecule has 0 saturated carbocycles. The maximum absolute atomic E-state index is 12.4. The first-order valence-corrected chi connectivity index (χ1v) is 10.5. The monoisotopic (exact) mass is 423 g/mol. The van der Waals surface area contributed by atoms with E-state index in [0.717, 1.165) is 5.56 Å². The highest BCUT2D eigenvalue weighted by atomic mass is 32.2. The second kappa shape index (κ2) is 10.7. The van der Waals surface area contributed by atoms with E-state index in [0.29, 0.717) is 23.7 Å². The lowest BCUT2D eigenvalue weighted by Gasteiger charge is -2.11. The summed E-state index contributed by atoms with van der Waals surface area (Å²) in [6, 6.07) is 11.2. The smallest absolute Gasteiger partial charge is 0.344 e. The van der Waals surface area contributed by atoms with Crippen LogP contribution in [0.5, 0.6) is 17.2 Å². The molecular weight excluding hydrogens is 398 g/mol. The Hall–Kier alpha value is -2.78. The molecule has 0 fully saturated rings. The van der Waals surface area contributed by atoms with Gasteiger partial charge in [0.25, 0.3) is 0 Å². The van der Waals surface area contributed by atoms with Crippen molar-refractivity contribution in [2.75, 3.05) is 34.0 Å². The highest BCUT2D eigenvalue weighted by Gasteiger charge is 2.14. The van der Waals surface area contributed by atoms with Gasteiger partial charge in [-0.1, -0.05) is 6.07 Å². The minimum atomic E-state index is -3.67. The molecule has 0 spiro atoms. The number of carbonyl (C=O) groups excluding carboxylic acids is 1. The predicted octanol–water partition coefficient (Wildman–Crippen LogP) is 2.17. The lowest BCUT2D eigenvalue weighted by Crippen LogP contribution is -2.26. The van der Waals surface area contributed by atoms with Crippen LogP contribution in [0.25, 0.3) is 0 Å². The molecule has 0 heterocycles. The molecule has 9 heteroatoms. The van der Waals surface area contributed by atoms with Crippen LogP contribution in [0.15, 0.2) is 47.4 Å². The second-order valence-corrected chi connectivity index (χ2v) is 7.67. The van der Waals surface area contributed by atoms with Crippen LogP contribution >= 0.6 is 0 Å². The number of carbonyl (C=O) groups is 1. The Balaban J connectivity index is 1.91. The summed E-state index contributed by atoms with van der Waals surface area (Å²) in [5.41, 5.74) is 0.910. The van der Waals surface area contributed by atoms with E-state index in [1.54, 1.807) is 27.2 Å². The van der Waals surface area contributed by atoms with Crippen molar-refractivity contribution in [3.8, 4) is 17.2 Å². The fraction of sp³-hybridized carbons (Fsp3) is 0.350. The summed E-state index contributed by atoms with van der Waals surface area (Å²) in [6.07, 6.45) is 0.486. The summed E-state index contributed by atoms with van der Waals surface area (Å²) in [5.74, 6) is 1.09. The van der Waals surface area contributed by atoms with Gasteiger partial charge in [0.2, 0.25) is 10.0 Å². The van der Waals surface area contributed by atoms with Crippen molar-refractivity contribution in [2.45, 2.75) is 18.2 Å². The van der Waals surface area contributed by atoms with Gasteiger partial charge in [-0.05, 0) is 55.3 Å². The lowest BCUT2D eigenvalue weighted by molar-refractivity contribution is -0.145. The lowest BCUT2D eigenvalue weighted by atomic mass is 10.1. The molecule has 0 unspecified atom stereocenters. The number of nitrogens with one attached hydrogen (secondary N) is 1. The van der Waals surface area contributed by atoms with Crippen molar-refractivity contribution >= 4 is 16.0 Å². The molecule has 0 atom stereocenters. The molecule has 2 rings (SSSR count). The maximum Gasteiger partial charge on any atom is 0.344 e. The zero-order valence-electron chi connectivity index (χ0n) is 16.6. The highest BCUT2D eigenvalue weighted by Crippen LogP contribution is 2.27. The van der Waals surface area contributed by atoms with Gasteiger partial charge >= 0.3 is 5.97 Å². The topological polar surface area (TPSA) is 100 Å². The van der Waals surface area contributed by atoms with Gasteiger partial charge in [0.1, 0.15) is 5.75 Å². The standard InChI is InChI=1S/C20H25NO7S/c1-4-27-20(22)14-28-16-6-8-17(9-7-16)29(23,24)21-12-11-15-5-10-18(25-2)19(13-15)26-3/h5-10,13,21H,4,11-12,14H2,1-3H3. The van der Waals surface area contributed by atoms with Gasteiger partial charge in [-0.3, -0.25) is 0 Å². The number of esters is 1. The zero-order valence-corrected chi connectivity index (χ0v) is 17.5. The average molecular weight is 423 g/mol. The van der Waals surface area contributed by atoms with E-state index in [-0.39, 0.29) is 24.7 Å². The molecule has 0 aliphatic carbocycles. The van der Waals surface area contributed by atoms with Crippen LogP contribution < -0.4 is 18.9 Å². The molecule has 2 aromatic carbocycles. The molecular formula is C20H25NO7S. The number of hydrogen-bond donors (Lipinski definition) is 1. The Morgan fingerprint density at radius 2 is 1.69 bits per heavy atom. The Morgan fingerprint density at radius 1 is 1.00 bits per heavy atom. The third-order valence-corrected chi connectivity index (χ3v) is 5.43. The number of rotatable bonds is 11. The minimum Gasteiger partial charge on any atom is -0.493 e. The number of benzene rings is 2. The molecule has 0 bridgehead atoms. The molecule has 2 aromatic rings. The predicted molar refractivity (Wildman–Crippen MR) is 107 cm³/mol. The summed E-state index contributed by atoms with van der Waals surface area (Å²) in [6.45, 7) is 1.96. The molecule has 1 N–H and O–H groups in total. The molecule has 8 nitrogen and oxygen atoms in total. The summed E-state index contributed by atoms with van der Waals surface area (Å²) in [5, 5.41) is 0. The third kappa shape index (κ3) is 6.65. The van der Waals surface area contributed by atoms with E-state index in [1.807, 2.05) is 12.1 Å². The highest BCUT2D eigenvalue weighted by molar-refractivity contribution is 7.89. The second-order valence-electron chi connectivity index (χ2n) is 5.90. The molecule has 0 amide bonds. The van der Waals surface area contributed by atoms with Gasteiger partial charge < -0.3 is 18.9 Å². The van der Waals surface area contributed by atoms with Gasteiger partial charge in [0.05, 0.1) is 25.7 Å². The van der Waals surface area contributed by atoms with Crippen LogP contribution in [0.1, 0.15) is 12.5 Å². The Morgan fingerprint density at radius 3 is 2.31 bits per heavy atom. The first-order valence-electron chi connectivity index (χ1n) is 8.98. The van der Waals surface area contributed by atoms with E-state index in [2.05, 4.69) is 4.72 Å². The number of hydrogen-bond acceptors (Lipinski definition) is 7. The molecule has 0 aliphatic heterocycles. The SMILES string of the molecule is CCOC(=O)COc1ccc(S(=O)(=O)NCCc2ccc(OC)c(OC)c2)cc1. The largest absolute Gasteiger partial charge is 0.493 e. The third-order valence-electron chi connectivity index (χ3n) is 3.95. The van der Waals surface area contributed by atoms with Crippen LogP contribution in [0, 0.1) is 0 Å². The number of ether oxygens (including phenoxy) is 4. The Kier molecular flexibility index (Phi) is 8.29. The van der Waals surface area contributed by atoms with Crippen LogP contribution in [0.2, 0.25) is 0 Å². The molecule has 0 radical (unpaired) electrons. The van der Waals surface area contributed by atoms with Gasteiger partial charge in [0, 0.05) is 6.54 Å². The fourth-order valence-electron chi connectivity index (χ4n) is 2.51. The van der Waals surface area contributed by atoms with Crippen molar-refractivity contribution in [1.82, 2.24) is 4.72 Å². The van der Waals surface area contributed by atoms with Gasteiger partial charge in [-0.2, -0.15) is 0 Å². The quantitative estimate of drug-likeness (QED) is 0.553. The van der Waals surface area contributed by atoms with E-state index < -0.39 is 16.0 Å². The van der Waals surface area contributed by atoms with E-state index >= 15 is 0 Å². The molecule has 158 valence electrons. The fourth-order valence-corrected chi connectivity index (χ4v) is 3.54. The molecule has 0 aromatic heterocycles. The summed E-state index contributed by atoms with van der Waals surface area (Å²) >= 11 is 0. The normalized spacial score (nSPS) is 11.0. The summed E-state index contributed by atoms with van der Waals surface area (Å²) < 4.78 is 47.9. The molecule has 0 aliphatic rings. The van der Waals surface area contributed by atoms with Crippen LogP contribution in [0.4, 0.5) is 0 Å². The molecule has 29 heavy (non-hydrogen) atoms. The Labute approximate surface area is 170 Å². The summed E-state index contributed by atoms with van der Waals surface area (Å²) in [4.78, 5) is 11.4. The van der Waals surface area contributed by atoms with Crippen molar-refractivity contribution in [3.05, 3.63) is 48.0 Å². The van der Waals surface area contributed by atoms with Crippen LogP contribution in [-0.4, -0.2) is 48.4 Å². The Bertz CT molecular complexity index is 911. The van der Waals surface area contributed by atoms with Crippen molar-refractivity contribution < 1.29 is 32.2 Å². The van der Waals surface area contributed by atoms with Crippen LogP contribution in [-0.2, 0) is 26.0 Å². The van der Waals surface area contributed by atoms with E-state index in [4.69, 9.17) is 18.9 Å². The van der Waals surface area contributed by atoms with Gasteiger partial charge in [0.15, 0.2) is 18.1 Å². The average Bonchev–Trinajstić information content (AvgIpc) is 2.72. The van der Waals surface area contributed by atoms with Crippen molar-refractivity contribution in [1.29, 1.82) is 0 Å². The first kappa shape index (κ1) is 22.5. The maximum atomic E-state index is 12.4.